The average molecular weight is 485 g/mol. The maximum absolute atomic E-state index is 12.3. The molecule has 0 radical (unpaired) electrons. The van der Waals surface area contributed by atoms with E-state index >= 15 is 0 Å². The van der Waals surface area contributed by atoms with Crippen LogP contribution >= 0.6 is 0 Å². The first-order chi connectivity index (χ1) is 17.7. The number of nitrogens with zero attached hydrogens (tertiary/aromatic N) is 1. The van der Waals surface area contributed by atoms with Crippen LogP contribution in [0.2, 0.25) is 0 Å². The Morgan fingerprint density at radius 3 is 2.69 bits per heavy atom. The van der Waals surface area contributed by atoms with E-state index in [1.54, 1.807) is 13.2 Å². The maximum Gasteiger partial charge on any atom is 0.165 e. The minimum Gasteiger partial charge on any atom is -0.493 e. The largest absolute Gasteiger partial charge is 0.493 e. The molecule has 4 bridgehead atoms. The van der Waals surface area contributed by atoms with Crippen molar-refractivity contribution < 1.29 is 23.4 Å². The molecular weight excluding hydrogens is 438 g/mol. The number of likely N-dealkylation sites (tertiary alicyclic amines) is 1. The lowest BCUT2D eigenvalue weighted by Gasteiger charge is -2.75. The second kappa shape index (κ2) is 6.76. The molecule has 4 saturated carbocycles. The molecule has 0 aromatic heterocycles. The van der Waals surface area contributed by atoms with Crippen LogP contribution in [0.1, 0.15) is 81.5 Å². The molecule has 5 aliphatic carbocycles. The Morgan fingerprint density at radius 2 is 2.00 bits per heavy atom. The van der Waals surface area contributed by atoms with Gasteiger partial charge in [-0.3, -0.25) is 4.90 Å². The number of aliphatic hydroxyl groups is 1. The molecule has 8 rings (SSSR count). The van der Waals surface area contributed by atoms with E-state index in [1.807, 2.05) is 6.92 Å². The van der Waals surface area contributed by atoms with E-state index in [2.05, 4.69) is 31.7 Å². The zero-order chi connectivity index (χ0) is 27.1. The van der Waals surface area contributed by atoms with Crippen LogP contribution in [-0.4, -0.2) is 60.6 Å². The average Bonchev–Trinajstić information content (AvgIpc) is 3.57. The van der Waals surface area contributed by atoms with Crippen LogP contribution in [0.5, 0.6) is 11.5 Å². The molecule has 0 unspecified atom stereocenters. The van der Waals surface area contributed by atoms with Gasteiger partial charge in [0, 0.05) is 42.0 Å². The number of benzene rings is 1. The number of hydrogen-bond donors (Lipinski definition) is 1. The van der Waals surface area contributed by atoms with Gasteiger partial charge in [0.2, 0.25) is 0 Å². The molecule has 5 nitrogen and oxygen atoms in total. The van der Waals surface area contributed by atoms with Crippen LogP contribution in [0.3, 0.4) is 0 Å². The Morgan fingerprint density at radius 1 is 1.20 bits per heavy atom. The molecule has 1 aromatic carbocycles. The quantitative estimate of drug-likeness (QED) is 0.656. The summed E-state index contributed by atoms with van der Waals surface area (Å²) < 4.78 is 42.6. The molecule has 2 aliphatic heterocycles. The van der Waals surface area contributed by atoms with Crippen LogP contribution in [0.25, 0.3) is 0 Å². The molecule has 7 atom stereocenters. The highest BCUT2D eigenvalue weighted by molar-refractivity contribution is 5.63. The minimum absolute atomic E-state index is 0.0676. The van der Waals surface area contributed by atoms with E-state index in [0.717, 1.165) is 51.1 Å². The van der Waals surface area contributed by atoms with Crippen LogP contribution in [0.15, 0.2) is 12.1 Å². The number of methoxy groups -OCH3 is 2. The molecule has 7 aliphatic rings. The Balaban J connectivity index is 1.46. The van der Waals surface area contributed by atoms with E-state index in [4.69, 9.17) is 18.3 Å². The van der Waals surface area contributed by atoms with E-state index in [-0.39, 0.29) is 28.3 Å². The van der Waals surface area contributed by atoms with Gasteiger partial charge in [-0.1, -0.05) is 26.8 Å². The number of fused-ring (bicyclic) bond motifs is 2. The van der Waals surface area contributed by atoms with Gasteiger partial charge in [-0.05, 0) is 81.4 Å². The Bertz CT molecular complexity index is 1170. The van der Waals surface area contributed by atoms with Crippen molar-refractivity contribution in [2.75, 3.05) is 27.2 Å². The maximum atomic E-state index is 12.3. The molecule has 192 valence electrons. The molecular formula is C30H43NO4. The van der Waals surface area contributed by atoms with Crippen molar-refractivity contribution in [3.63, 3.8) is 0 Å². The van der Waals surface area contributed by atoms with Gasteiger partial charge in [-0.25, -0.2) is 0 Å². The lowest BCUT2D eigenvalue weighted by Crippen LogP contribution is -2.83. The summed E-state index contributed by atoms with van der Waals surface area (Å²) in [4.78, 5) is 2.78. The third kappa shape index (κ3) is 2.47. The van der Waals surface area contributed by atoms with Gasteiger partial charge >= 0.3 is 0 Å². The number of rotatable bonds is 5. The van der Waals surface area contributed by atoms with Crippen LogP contribution < -0.4 is 9.47 Å². The zero-order valence-electron chi connectivity index (χ0n) is 24.9. The van der Waals surface area contributed by atoms with E-state index in [1.165, 1.54) is 24.0 Å². The van der Waals surface area contributed by atoms with E-state index in [0.29, 0.717) is 17.5 Å². The van der Waals surface area contributed by atoms with E-state index in [9.17, 15) is 5.11 Å². The summed E-state index contributed by atoms with van der Waals surface area (Å²) in [5.74, 6) is 1.62. The first kappa shape index (κ1) is 19.8. The summed E-state index contributed by atoms with van der Waals surface area (Å²) in [6.45, 7) is 10.5. The van der Waals surface area contributed by atoms with Crippen molar-refractivity contribution in [1.29, 1.82) is 0 Å². The summed E-state index contributed by atoms with van der Waals surface area (Å²) >= 11 is 0. The molecule has 5 heteroatoms. The third-order valence-corrected chi connectivity index (χ3v) is 12.0. The first-order valence-corrected chi connectivity index (χ1v) is 13.7. The van der Waals surface area contributed by atoms with Gasteiger partial charge < -0.3 is 19.3 Å². The van der Waals surface area contributed by atoms with Gasteiger partial charge in [0.25, 0.3) is 0 Å². The van der Waals surface area contributed by atoms with Gasteiger partial charge in [0.15, 0.2) is 11.5 Å². The minimum atomic E-state index is -2.56. The number of piperidine rings is 1. The number of hydrogen-bond acceptors (Lipinski definition) is 5. The molecule has 1 aromatic rings. The summed E-state index contributed by atoms with van der Waals surface area (Å²) in [6, 6.07) is 4.28. The van der Waals surface area contributed by atoms with Crippen molar-refractivity contribution in [3.05, 3.63) is 23.3 Å². The van der Waals surface area contributed by atoms with Crippen molar-refractivity contribution >= 4 is 0 Å². The molecule has 2 spiro atoms. The van der Waals surface area contributed by atoms with Crippen LogP contribution in [0, 0.1) is 22.7 Å². The lowest BCUT2D eigenvalue weighted by atomic mass is 9.33. The Labute approximate surface area is 214 Å². The smallest absolute Gasteiger partial charge is 0.165 e. The second-order valence-corrected chi connectivity index (χ2v) is 13.9. The van der Waals surface area contributed by atoms with Crippen molar-refractivity contribution in [2.24, 2.45) is 22.7 Å². The summed E-state index contributed by atoms with van der Waals surface area (Å²) in [6.07, 6.45) is 7.03. The molecule has 1 N–H and O–H groups in total. The van der Waals surface area contributed by atoms with Crippen molar-refractivity contribution in [2.45, 2.75) is 101 Å². The molecule has 0 amide bonds. The highest BCUT2D eigenvalue weighted by atomic mass is 16.6. The van der Waals surface area contributed by atoms with Gasteiger partial charge in [-0.2, -0.15) is 0 Å². The highest BCUT2D eigenvalue weighted by Gasteiger charge is 2.82. The Hall–Kier alpha value is -1.30. The van der Waals surface area contributed by atoms with E-state index < -0.39 is 18.2 Å². The fourth-order valence-electron chi connectivity index (χ4n) is 9.65. The summed E-state index contributed by atoms with van der Waals surface area (Å²) in [5.41, 5.74) is 0.108. The highest BCUT2D eigenvalue weighted by Crippen LogP contribution is 2.78. The summed E-state index contributed by atoms with van der Waals surface area (Å²) in [7, 11) is -0.769. The molecule has 1 saturated heterocycles. The monoisotopic (exact) mass is 484 g/mol. The second-order valence-electron chi connectivity index (χ2n) is 13.9. The summed E-state index contributed by atoms with van der Waals surface area (Å²) in [5, 5.41) is 12.3. The predicted octanol–water partition coefficient (Wildman–Crippen LogP) is 4.72. The molecule has 2 heterocycles. The topological polar surface area (TPSA) is 51.2 Å². The fourth-order valence-corrected chi connectivity index (χ4v) is 9.65. The van der Waals surface area contributed by atoms with Crippen LogP contribution in [-0.2, 0) is 16.6 Å². The standard InChI is InChI=1S/C30H43NO4/c1-26(2,3)27(4,32)21-16-28-11-12-30(21,34-6)25-29(28)13-14-31(17-18-7-8-18)22(28)15-19-9-10-20(33-5)24(35-25)23(19)29/h9-10,18,21-22,25,32H,7-8,11-17H2,1-6H3/t21-,22-,25-,27+,28-,29+,30-/m1/s1/i5D3. The lowest BCUT2D eigenvalue weighted by molar-refractivity contribution is -0.312. The fraction of sp³-hybridized carbons (Fsp3) is 0.800. The normalized spacial score (nSPS) is 44.5. The van der Waals surface area contributed by atoms with Gasteiger partial charge in [0.05, 0.1) is 16.8 Å². The van der Waals surface area contributed by atoms with Crippen LogP contribution in [0.4, 0.5) is 0 Å². The molecule has 5 fully saturated rings. The van der Waals surface area contributed by atoms with Gasteiger partial charge in [0.1, 0.15) is 11.7 Å². The predicted molar refractivity (Wildman–Crippen MR) is 135 cm³/mol. The van der Waals surface area contributed by atoms with Crippen molar-refractivity contribution in [1.82, 2.24) is 4.90 Å². The number of ether oxygens (including phenoxy) is 3. The Kier molecular flexibility index (Phi) is 3.82. The first-order valence-electron chi connectivity index (χ1n) is 15.2. The zero-order valence-corrected chi connectivity index (χ0v) is 21.9. The molecule has 35 heavy (non-hydrogen) atoms. The van der Waals surface area contributed by atoms with Gasteiger partial charge in [-0.15, -0.1) is 0 Å². The third-order valence-electron chi connectivity index (χ3n) is 12.0. The van der Waals surface area contributed by atoms with Crippen molar-refractivity contribution in [3.8, 4) is 11.5 Å². The SMILES string of the molecule is [2H]C([2H])([2H])Oc1ccc2c3c1O[C@H]1[C@@]4(OC)CC[C@@]5(C[C@@H]4[C@](C)(O)C(C)(C)C)[C@@H](C2)N(CC2CC2)CC[C@]315.